The third-order valence-electron chi connectivity index (χ3n) is 3.90. The number of amides is 1. The van der Waals surface area contributed by atoms with E-state index in [-0.39, 0.29) is 26.2 Å². The Morgan fingerprint density at radius 3 is 1.88 bits per heavy atom. The predicted octanol–water partition coefficient (Wildman–Crippen LogP) is 0.577. The third kappa shape index (κ3) is 3.52. The average Bonchev–Trinajstić information content (AvgIpc) is 2.82. The Bertz CT molecular complexity index is 485. The summed E-state index contributed by atoms with van der Waals surface area (Å²) in [5, 5.41) is 2.37. The third-order valence-corrected chi connectivity index (χ3v) is 3.90. The highest BCUT2D eigenvalue weighted by molar-refractivity contribution is 6.14. The molecule has 0 bridgehead atoms. The zero-order valence-corrected chi connectivity index (χ0v) is 14.5. The summed E-state index contributed by atoms with van der Waals surface area (Å²) in [6.07, 6.45) is 0.829. The molecule has 0 spiro atoms. The largest absolute Gasteiger partial charge is 0.465 e. The van der Waals surface area contributed by atoms with Crippen LogP contribution in [-0.2, 0) is 33.4 Å². The second kappa shape index (κ2) is 8.65. The monoisotopic (exact) mass is 343 g/mol. The first-order valence-corrected chi connectivity index (χ1v) is 8.23. The summed E-state index contributed by atoms with van der Waals surface area (Å²) in [7, 11) is 0. The molecule has 0 aliphatic carbocycles. The van der Waals surface area contributed by atoms with E-state index < -0.39 is 41.2 Å². The zero-order chi connectivity index (χ0) is 18.3. The van der Waals surface area contributed by atoms with Gasteiger partial charge in [-0.3, -0.25) is 9.59 Å². The molecule has 1 amide bonds. The Labute approximate surface area is 141 Å². The number of carbonyl (C=O) groups excluding carboxylic acids is 4. The Kier molecular flexibility index (Phi) is 7.18. The molecule has 1 rings (SSSR count). The summed E-state index contributed by atoms with van der Waals surface area (Å²) in [4.78, 5) is 49.7. The molecule has 1 aliphatic heterocycles. The Hall–Kier alpha value is -2.12. The Balaban J connectivity index is 3.38. The van der Waals surface area contributed by atoms with Crippen LogP contribution in [0.15, 0.2) is 0 Å². The lowest BCUT2D eigenvalue weighted by molar-refractivity contribution is -0.169. The van der Waals surface area contributed by atoms with Gasteiger partial charge in [-0.05, 0) is 27.2 Å². The summed E-state index contributed by atoms with van der Waals surface area (Å²) in [5.74, 6) is -5.49. The molecule has 8 nitrogen and oxygen atoms in total. The minimum absolute atomic E-state index is 0.0266. The molecule has 8 heteroatoms. The van der Waals surface area contributed by atoms with Crippen molar-refractivity contribution >= 4 is 23.8 Å². The molecule has 1 heterocycles. The number of hydrogen-bond donors (Lipinski definition) is 1. The summed E-state index contributed by atoms with van der Waals surface area (Å²) in [6.45, 7) is 6.76. The molecule has 0 radical (unpaired) electrons. The molecular weight excluding hydrogens is 318 g/mol. The number of hydrogen-bond acceptors (Lipinski definition) is 7. The van der Waals surface area contributed by atoms with Gasteiger partial charge in [0.15, 0.2) is 0 Å². The number of nitrogens with one attached hydrogen (secondary N) is 1. The van der Waals surface area contributed by atoms with E-state index in [0.29, 0.717) is 6.42 Å². The molecule has 136 valence electrons. The SMILES string of the molecule is CCC[C@H]1[C@H](C(=O)OCC)C(=O)NC1(C(=O)OCC)C(=O)OCC. The van der Waals surface area contributed by atoms with Crippen LogP contribution in [0.1, 0.15) is 40.5 Å². The highest BCUT2D eigenvalue weighted by atomic mass is 16.6. The second-order valence-electron chi connectivity index (χ2n) is 5.36. The van der Waals surface area contributed by atoms with Gasteiger partial charge in [-0.2, -0.15) is 0 Å². The molecule has 0 aromatic rings. The maximum atomic E-state index is 12.6. The molecule has 0 saturated carbocycles. The lowest BCUT2D eigenvalue weighted by Crippen LogP contribution is -2.61. The summed E-state index contributed by atoms with van der Waals surface area (Å²) in [6, 6.07) is 0. The first kappa shape index (κ1) is 19.9. The highest BCUT2D eigenvalue weighted by Crippen LogP contribution is 2.39. The van der Waals surface area contributed by atoms with Crippen molar-refractivity contribution < 1.29 is 33.4 Å². The first-order valence-electron chi connectivity index (χ1n) is 8.23. The molecule has 0 aromatic carbocycles. The van der Waals surface area contributed by atoms with Gasteiger partial charge in [0.2, 0.25) is 11.4 Å². The lowest BCUT2D eigenvalue weighted by atomic mass is 9.77. The molecule has 24 heavy (non-hydrogen) atoms. The Morgan fingerprint density at radius 1 is 0.958 bits per heavy atom. The van der Waals surface area contributed by atoms with Crippen molar-refractivity contribution in [3.05, 3.63) is 0 Å². The van der Waals surface area contributed by atoms with E-state index in [4.69, 9.17) is 14.2 Å². The van der Waals surface area contributed by atoms with Crippen molar-refractivity contribution in [2.75, 3.05) is 19.8 Å². The lowest BCUT2D eigenvalue weighted by Gasteiger charge is -2.31. The predicted molar refractivity (Wildman–Crippen MR) is 82.7 cm³/mol. The van der Waals surface area contributed by atoms with Crippen LogP contribution in [0.2, 0.25) is 0 Å². The van der Waals surface area contributed by atoms with Gasteiger partial charge in [-0.15, -0.1) is 0 Å². The maximum Gasteiger partial charge on any atom is 0.344 e. The van der Waals surface area contributed by atoms with Crippen LogP contribution >= 0.6 is 0 Å². The molecular formula is C16H25NO7. The van der Waals surface area contributed by atoms with E-state index in [1.807, 2.05) is 6.92 Å². The fraction of sp³-hybridized carbons (Fsp3) is 0.750. The van der Waals surface area contributed by atoms with Gasteiger partial charge in [-0.25, -0.2) is 9.59 Å². The van der Waals surface area contributed by atoms with Crippen molar-refractivity contribution in [1.29, 1.82) is 0 Å². The fourth-order valence-corrected chi connectivity index (χ4v) is 2.97. The molecule has 1 fully saturated rings. The molecule has 0 unspecified atom stereocenters. The summed E-state index contributed by atoms with van der Waals surface area (Å²) >= 11 is 0. The fourth-order valence-electron chi connectivity index (χ4n) is 2.97. The smallest absolute Gasteiger partial charge is 0.344 e. The van der Waals surface area contributed by atoms with Gasteiger partial charge in [-0.1, -0.05) is 13.3 Å². The van der Waals surface area contributed by atoms with Crippen molar-refractivity contribution in [1.82, 2.24) is 5.32 Å². The van der Waals surface area contributed by atoms with Gasteiger partial charge in [0, 0.05) is 5.92 Å². The molecule has 1 aliphatic rings. The van der Waals surface area contributed by atoms with E-state index in [1.54, 1.807) is 20.8 Å². The highest BCUT2D eigenvalue weighted by Gasteiger charge is 2.66. The van der Waals surface area contributed by atoms with Gasteiger partial charge < -0.3 is 19.5 Å². The number of esters is 3. The van der Waals surface area contributed by atoms with Gasteiger partial charge in [0.05, 0.1) is 19.8 Å². The topological polar surface area (TPSA) is 108 Å². The number of rotatable bonds is 8. The molecule has 2 atom stereocenters. The van der Waals surface area contributed by atoms with Crippen molar-refractivity contribution in [3.63, 3.8) is 0 Å². The minimum Gasteiger partial charge on any atom is -0.465 e. The number of carbonyl (C=O) groups is 4. The van der Waals surface area contributed by atoms with Crippen molar-refractivity contribution in [3.8, 4) is 0 Å². The normalized spacial score (nSPS) is 21.8. The van der Waals surface area contributed by atoms with E-state index in [1.165, 1.54) is 0 Å². The summed E-state index contributed by atoms with van der Waals surface area (Å²) in [5.41, 5.74) is -2.02. The van der Waals surface area contributed by atoms with Gasteiger partial charge in [0.1, 0.15) is 5.92 Å². The van der Waals surface area contributed by atoms with Crippen LogP contribution < -0.4 is 5.32 Å². The van der Waals surface area contributed by atoms with Gasteiger partial charge >= 0.3 is 17.9 Å². The zero-order valence-electron chi connectivity index (χ0n) is 14.5. The standard InChI is InChI=1S/C16H25NO7/c1-5-9-10-11(13(19)22-6-2)12(18)17-16(10,14(20)23-7-3)15(21)24-8-4/h10-11H,5-9H2,1-4H3,(H,17,18)/t10-,11-/m0/s1. The van der Waals surface area contributed by atoms with Crippen LogP contribution in [0.3, 0.4) is 0 Å². The molecule has 0 aromatic heterocycles. The van der Waals surface area contributed by atoms with E-state index in [9.17, 15) is 19.2 Å². The first-order chi connectivity index (χ1) is 11.4. The summed E-state index contributed by atoms with van der Waals surface area (Å²) < 4.78 is 14.9. The van der Waals surface area contributed by atoms with Crippen LogP contribution in [0.5, 0.6) is 0 Å². The Morgan fingerprint density at radius 2 is 1.46 bits per heavy atom. The molecule has 1 saturated heterocycles. The van der Waals surface area contributed by atoms with Crippen LogP contribution in [-0.4, -0.2) is 49.2 Å². The van der Waals surface area contributed by atoms with Crippen LogP contribution in [0.25, 0.3) is 0 Å². The van der Waals surface area contributed by atoms with Crippen molar-refractivity contribution in [2.24, 2.45) is 11.8 Å². The van der Waals surface area contributed by atoms with E-state index in [2.05, 4.69) is 5.32 Å². The molecule has 1 N–H and O–H groups in total. The van der Waals surface area contributed by atoms with Crippen LogP contribution in [0.4, 0.5) is 0 Å². The maximum absolute atomic E-state index is 12.6. The van der Waals surface area contributed by atoms with Crippen LogP contribution in [0, 0.1) is 11.8 Å². The minimum atomic E-state index is -2.02. The van der Waals surface area contributed by atoms with Gasteiger partial charge in [0.25, 0.3) is 0 Å². The van der Waals surface area contributed by atoms with Crippen molar-refractivity contribution in [2.45, 2.75) is 46.1 Å². The number of ether oxygens (including phenoxy) is 3. The van der Waals surface area contributed by atoms with E-state index in [0.717, 1.165) is 0 Å². The quantitative estimate of drug-likeness (QED) is 0.390. The second-order valence-corrected chi connectivity index (χ2v) is 5.36. The average molecular weight is 343 g/mol. The van der Waals surface area contributed by atoms with E-state index >= 15 is 0 Å².